The van der Waals surface area contributed by atoms with Gasteiger partial charge in [0, 0.05) is 12.1 Å². The van der Waals surface area contributed by atoms with Gasteiger partial charge in [-0.05, 0) is 47.0 Å². The summed E-state index contributed by atoms with van der Waals surface area (Å²) < 4.78 is 12.1. The Bertz CT molecular complexity index is 416. The first-order valence-electron chi connectivity index (χ1n) is 6.84. The SMILES string of the molecule is CC(C)(O)C1=NCC=C(B2OC(C)(C)C(C)(C)O2)C1. The van der Waals surface area contributed by atoms with Gasteiger partial charge in [0.05, 0.1) is 23.3 Å². The van der Waals surface area contributed by atoms with Crippen molar-refractivity contribution in [1.82, 2.24) is 0 Å². The van der Waals surface area contributed by atoms with Crippen LogP contribution in [0.3, 0.4) is 0 Å². The number of dihydropyridines is 1. The van der Waals surface area contributed by atoms with Crippen LogP contribution in [0.5, 0.6) is 0 Å². The molecule has 0 aromatic carbocycles. The van der Waals surface area contributed by atoms with E-state index in [1.54, 1.807) is 13.8 Å². The van der Waals surface area contributed by atoms with Gasteiger partial charge in [-0.15, -0.1) is 0 Å². The van der Waals surface area contributed by atoms with Gasteiger partial charge in [0.25, 0.3) is 0 Å². The lowest BCUT2D eigenvalue weighted by Crippen LogP contribution is -2.41. The minimum absolute atomic E-state index is 0.331. The summed E-state index contributed by atoms with van der Waals surface area (Å²) in [6.45, 7) is 12.3. The summed E-state index contributed by atoms with van der Waals surface area (Å²) in [5.74, 6) is 0. The second-order valence-electron chi connectivity index (χ2n) is 6.89. The Morgan fingerprint density at radius 1 is 1.21 bits per heavy atom. The molecule has 1 N–H and O–H groups in total. The number of aliphatic hydroxyl groups is 1. The van der Waals surface area contributed by atoms with Crippen molar-refractivity contribution >= 4 is 12.8 Å². The van der Waals surface area contributed by atoms with Gasteiger partial charge >= 0.3 is 7.12 Å². The van der Waals surface area contributed by atoms with Gasteiger partial charge in [0.2, 0.25) is 0 Å². The lowest BCUT2D eigenvalue weighted by atomic mass is 9.72. The molecule has 0 saturated carbocycles. The molecule has 0 atom stereocenters. The Balaban J connectivity index is 2.12. The minimum Gasteiger partial charge on any atom is -0.400 e. The Labute approximate surface area is 116 Å². The van der Waals surface area contributed by atoms with E-state index in [-0.39, 0.29) is 18.3 Å². The van der Waals surface area contributed by atoms with Crippen LogP contribution < -0.4 is 0 Å². The van der Waals surface area contributed by atoms with Crippen LogP contribution in [0.25, 0.3) is 0 Å². The van der Waals surface area contributed by atoms with E-state index in [2.05, 4.69) is 4.99 Å². The Morgan fingerprint density at radius 3 is 2.21 bits per heavy atom. The van der Waals surface area contributed by atoms with Gasteiger partial charge in [0.15, 0.2) is 0 Å². The molecule has 2 heterocycles. The quantitative estimate of drug-likeness (QED) is 0.778. The largest absolute Gasteiger partial charge is 0.490 e. The van der Waals surface area contributed by atoms with Gasteiger partial charge in [-0.2, -0.15) is 0 Å². The lowest BCUT2D eigenvalue weighted by molar-refractivity contribution is 0.00578. The molecule has 2 aliphatic rings. The average molecular weight is 265 g/mol. The molecule has 4 nitrogen and oxygen atoms in total. The molecule has 0 amide bonds. The van der Waals surface area contributed by atoms with Crippen molar-refractivity contribution < 1.29 is 14.4 Å². The number of rotatable bonds is 2. The number of aliphatic imine (C=N–C) groups is 1. The first-order valence-corrected chi connectivity index (χ1v) is 6.84. The molecule has 0 aromatic heterocycles. The third-order valence-corrected chi connectivity index (χ3v) is 4.27. The molecule has 1 fully saturated rings. The highest BCUT2D eigenvalue weighted by Crippen LogP contribution is 2.39. The van der Waals surface area contributed by atoms with Crippen LogP contribution in [0.15, 0.2) is 16.5 Å². The second kappa shape index (κ2) is 4.43. The van der Waals surface area contributed by atoms with Gasteiger partial charge in [-0.25, -0.2) is 0 Å². The van der Waals surface area contributed by atoms with E-state index in [0.717, 1.165) is 11.2 Å². The predicted octanol–water partition coefficient (Wildman–Crippen LogP) is 2.16. The average Bonchev–Trinajstić information content (AvgIpc) is 2.47. The Morgan fingerprint density at radius 2 is 1.74 bits per heavy atom. The zero-order chi connectivity index (χ0) is 14.5. The van der Waals surface area contributed by atoms with E-state index in [4.69, 9.17) is 9.31 Å². The molecule has 1 saturated heterocycles. The maximum Gasteiger partial charge on any atom is 0.490 e. The molecule has 0 aliphatic carbocycles. The van der Waals surface area contributed by atoms with E-state index < -0.39 is 5.60 Å². The molecular weight excluding hydrogens is 241 g/mol. The maximum absolute atomic E-state index is 10.1. The molecular formula is C14H24BNO3. The van der Waals surface area contributed by atoms with Crippen molar-refractivity contribution in [2.75, 3.05) is 6.54 Å². The summed E-state index contributed by atoms with van der Waals surface area (Å²) in [6, 6.07) is 0. The third-order valence-electron chi connectivity index (χ3n) is 4.27. The van der Waals surface area contributed by atoms with Crippen LogP contribution in [-0.4, -0.2) is 41.3 Å². The molecule has 2 rings (SSSR count). The van der Waals surface area contributed by atoms with Crippen LogP contribution in [0.4, 0.5) is 0 Å². The van der Waals surface area contributed by atoms with E-state index in [1.807, 2.05) is 33.8 Å². The van der Waals surface area contributed by atoms with Crippen LogP contribution in [0, 0.1) is 0 Å². The highest BCUT2D eigenvalue weighted by Gasteiger charge is 2.52. The van der Waals surface area contributed by atoms with E-state index in [0.29, 0.717) is 13.0 Å². The molecule has 19 heavy (non-hydrogen) atoms. The van der Waals surface area contributed by atoms with Gasteiger partial charge in [0.1, 0.15) is 0 Å². The molecule has 106 valence electrons. The van der Waals surface area contributed by atoms with Gasteiger partial charge in [-0.1, -0.05) is 6.08 Å². The normalized spacial score (nSPS) is 26.2. The number of hydrogen-bond donors (Lipinski definition) is 1. The monoisotopic (exact) mass is 265 g/mol. The van der Waals surface area contributed by atoms with E-state index in [1.165, 1.54) is 0 Å². The van der Waals surface area contributed by atoms with Gasteiger partial charge < -0.3 is 14.4 Å². The number of hydrogen-bond acceptors (Lipinski definition) is 4. The van der Waals surface area contributed by atoms with Crippen LogP contribution in [-0.2, 0) is 9.31 Å². The molecule has 0 aromatic rings. The molecule has 0 radical (unpaired) electrons. The molecule has 0 spiro atoms. The second-order valence-corrected chi connectivity index (χ2v) is 6.89. The van der Waals surface area contributed by atoms with Crippen molar-refractivity contribution in [3.63, 3.8) is 0 Å². The Kier molecular flexibility index (Phi) is 3.44. The molecule has 5 heteroatoms. The first-order chi connectivity index (χ1) is 8.53. The van der Waals surface area contributed by atoms with Crippen molar-refractivity contribution in [3.8, 4) is 0 Å². The minimum atomic E-state index is -0.886. The highest BCUT2D eigenvalue weighted by molar-refractivity contribution is 6.55. The van der Waals surface area contributed by atoms with Crippen LogP contribution in [0.1, 0.15) is 48.0 Å². The molecule has 0 unspecified atom stereocenters. The fourth-order valence-corrected chi connectivity index (χ4v) is 2.18. The van der Waals surface area contributed by atoms with Crippen molar-refractivity contribution in [2.45, 2.75) is 64.8 Å². The first kappa shape index (κ1) is 14.8. The summed E-state index contributed by atoms with van der Waals surface area (Å²) >= 11 is 0. The fourth-order valence-electron chi connectivity index (χ4n) is 2.18. The van der Waals surface area contributed by atoms with Crippen LogP contribution in [0.2, 0.25) is 0 Å². The Hall–Kier alpha value is -0.645. The standard InChI is InChI=1S/C14H24BNO3/c1-12(2,17)11-9-10(7-8-16-11)15-18-13(3,4)14(5,6)19-15/h7,17H,8-9H2,1-6H3. The molecule has 0 bridgehead atoms. The van der Waals surface area contributed by atoms with E-state index in [9.17, 15) is 5.11 Å². The zero-order valence-corrected chi connectivity index (χ0v) is 12.8. The zero-order valence-electron chi connectivity index (χ0n) is 12.8. The third kappa shape index (κ3) is 2.78. The highest BCUT2D eigenvalue weighted by atomic mass is 16.7. The summed E-state index contributed by atoms with van der Waals surface area (Å²) in [5.41, 5.74) is 0.304. The predicted molar refractivity (Wildman–Crippen MR) is 77.4 cm³/mol. The lowest BCUT2D eigenvalue weighted by Gasteiger charge is -2.32. The van der Waals surface area contributed by atoms with Crippen molar-refractivity contribution in [1.29, 1.82) is 0 Å². The van der Waals surface area contributed by atoms with Crippen molar-refractivity contribution in [2.24, 2.45) is 4.99 Å². The smallest absolute Gasteiger partial charge is 0.400 e. The fraction of sp³-hybridized carbons (Fsp3) is 0.786. The van der Waals surface area contributed by atoms with E-state index >= 15 is 0 Å². The topological polar surface area (TPSA) is 51.1 Å². The summed E-state index contributed by atoms with van der Waals surface area (Å²) in [4.78, 5) is 4.37. The van der Waals surface area contributed by atoms with Gasteiger partial charge in [-0.3, -0.25) is 4.99 Å². The summed E-state index contributed by atoms with van der Waals surface area (Å²) in [7, 11) is -0.335. The summed E-state index contributed by atoms with van der Waals surface area (Å²) in [6.07, 6.45) is 2.65. The summed E-state index contributed by atoms with van der Waals surface area (Å²) in [5, 5.41) is 10.1. The van der Waals surface area contributed by atoms with Crippen LogP contribution >= 0.6 is 0 Å². The molecule has 2 aliphatic heterocycles. The number of nitrogens with zero attached hydrogens (tertiary/aromatic N) is 1. The number of allylic oxidation sites excluding steroid dienone is 1. The maximum atomic E-state index is 10.1. The van der Waals surface area contributed by atoms with Crippen molar-refractivity contribution in [3.05, 3.63) is 11.5 Å².